The van der Waals surface area contributed by atoms with Crippen LogP contribution in [0, 0.1) is 16.0 Å². The first-order chi connectivity index (χ1) is 14.5. The number of hydrogen-bond donors (Lipinski definition) is 2. The van der Waals surface area contributed by atoms with Crippen LogP contribution in [-0.4, -0.2) is 27.6 Å². The van der Waals surface area contributed by atoms with Crippen LogP contribution in [0.2, 0.25) is 0 Å². The zero-order valence-corrected chi connectivity index (χ0v) is 19.8. The highest BCUT2D eigenvalue weighted by atomic mass is 32.1. The second-order valence-corrected chi connectivity index (χ2v) is 9.80. The topological polar surface area (TPSA) is 93.5 Å². The molecule has 0 saturated heterocycles. The fourth-order valence-corrected chi connectivity index (χ4v) is 4.23. The van der Waals surface area contributed by atoms with Crippen LogP contribution in [0.4, 0.5) is 10.5 Å². The summed E-state index contributed by atoms with van der Waals surface area (Å²) in [5, 5.41) is 17.1. The molecule has 0 unspecified atom stereocenters. The molecular formula is C23H35N3O4S. The van der Waals surface area contributed by atoms with E-state index >= 15 is 0 Å². The van der Waals surface area contributed by atoms with Crippen LogP contribution in [0.15, 0.2) is 24.3 Å². The lowest BCUT2D eigenvalue weighted by atomic mass is 9.85. The van der Waals surface area contributed by atoms with Crippen molar-refractivity contribution in [2.75, 3.05) is 0 Å². The van der Waals surface area contributed by atoms with Gasteiger partial charge in [0.05, 0.1) is 16.0 Å². The number of carbonyl (C=O) groups excluding carboxylic acids is 1. The first-order valence-electron chi connectivity index (χ1n) is 11.1. The molecule has 0 aromatic heterocycles. The number of nitrogens with one attached hydrogen (secondary N) is 2. The number of rotatable bonds is 8. The fourth-order valence-electron chi connectivity index (χ4n) is 3.88. The van der Waals surface area contributed by atoms with Crippen molar-refractivity contribution in [3.63, 3.8) is 0 Å². The van der Waals surface area contributed by atoms with Gasteiger partial charge in [0.2, 0.25) is 0 Å². The molecule has 1 aliphatic carbocycles. The Labute approximate surface area is 190 Å². The van der Waals surface area contributed by atoms with Gasteiger partial charge in [-0.2, -0.15) is 0 Å². The molecule has 0 spiro atoms. The van der Waals surface area contributed by atoms with E-state index in [4.69, 9.17) is 17.0 Å². The summed E-state index contributed by atoms with van der Waals surface area (Å²) in [4.78, 5) is 23.4. The van der Waals surface area contributed by atoms with Crippen molar-refractivity contribution in [3.8, 4) is 0 Å². The quantitative estimate of drug-likeness (QED) is 0.295. The van der Waals surface area contributed by atoms with Crippen molar-refractivity contribution in [3.05, 3.63) is 39.9 Å². The number of hydrogen-bond acceptors (Lipinski definition) is 5. The molecule has 1 fully saturated rings. The number of nitro groups is 1. The van der Waals surface area contributed by atoms with Crippen LogP contribution >= 0.6 is 12.2 Å². The predicted molar refractivity (Wildman–Crippen MR) is 126 cm³/mol. The zero-order valence-electron chi connectivity index (χ0n) is 19.0. The number of alkyl carbamates (subject to hydrolysis) is 1. The highest BCUT2D eigenvalue weighted by Crippen LogP contribution is 2.28. The maximum Gasteiger partial charge on any atom is 0.408 e. The summed E-state index contributed by atoms with van der Waals surface area (Å²) >= 11 is 5.66. The third kappa shape index (κ3) is 8.81. The molecular weight excluding hydrogens is 414 g/mol. The van der Waals surface area contributed by atoms with Crippen LogP contribution in [0.1, 0.15) is 84.2 Å². The highest BCUT2D eigenvalue weighted by molar-refractivity contribution is 7.80. The molecule has 1 aromatic rings. The van der Waals surface area contributed by atoms with E-state index in [1.54, 1.807) is 12.1 Å². The zero-order chi connectivity index (χ0) is 23.0. The molecule has 172 valence electrons. The van der Waals surface area contributed by atoms with Gasteiger partial charge in [-0.3, -0.25) is 10.1 Å². The predicted octanol–water partition coefficient (Wildman–Crippen LogP) is 5.83. The summed E-state index contributed by atoms with van der Waals surface area (Å²) in [6.07, 6.45) is 7.61. The Morgan fingerprint density at radius 3 is 2.35 bits per heavy atom. The largest absolute Gasteiger partial charge is 0.444 e. The fraction of sp³-hybridized carbons (Fsp3) is 0.652. The van der Waals surface area contributed by atoms with Crippen LogP contribution in [0.3, 0.4) is 0 Å². The van der Waals surface area contributed by atoms with Gasteiger partial charge in [0, 0.05) is 18.2 Å². The molecule has 2 atom stereocenters. The van der Waals surface area contributed by atoms with E-state index < -0.39 is 16.6 Å². The maximum atomic E-state index is 12.4. The van der Waals surface area contributed by atoms with E-state index in [-0.39, 0.29) is 17.8 Å². The molecule has 1 aliphatic rings. The Morgan fingerprint density at radius 2 is 1.81 bits per heavy atom. The van der Waals surface area contributed by atoms with Crippen molar-refractivity contribution in [2.24, 2.45) is 5.92 Å². The van der Waals surface area contributed by atoms with Gasteiger partial charge < -0.3 is 15.4 Å². The van der Waals surface area contributed by atoms with Crippen LogP contribution in [0.25, 0.3) is 0 Å². The minimum atomic E-state index is -0.584. The first kappa shape index (κ1) is 25.0. The molecule has 2 N–H and O–H groups in total. The molecule has 2 rings (SSSR count). The van der Waals surface area contributed by atoms with Crippen LogP contribution in [0.5, 0.6) is 0 Å². The number of carbonyl (C=O) groups is 1. The van der Waals surface area contributed by atoms with Crippen molar-refractivity contribution in [1.29, 1.82) is 0 Å². The lowest BCUT2D eigenvalue weighted by molar-refractivity contribution is -0.384. The number of benzene rings is 1. The SMILES string of the molecule is C[C@@H](NC(=S)[C@@H](CCC1CCCCC1)NC(=O)OC(C)(C)C)c1ccc([N+](=O)[O-])cc1. The minimum absolute atomic E-state index is 0.0514. The smallest absolute Gasteiger partial charge is 0.408 e. The van der Waals surface area contributed by atoms with E-state index in [2.05, 4.69) is 10.6 Å². The molecule has 1 aromatic carbocycles. The van der Waals surface area contributed by atoms with Gasteiger partial charge in [0.1, 0.15) is 5.60 Å². The molecule has 7 nitrogen and oxygen atoms in total. The molecule has 0 radical (unpaired) electrons. The Bertz CT molecular complexity index is 755. The molecule has 31 heavy (non-hydrogen) atoms. The number of ether oxygens (including phenoxy) is 1. The number of nitrogens with zero attached hydrogens (tertiary/aromatic N) is 1. The van der Waals surface area contributed by atoms with Crippen molar-refractivity contribution in [2.45, 2.75) is 90.3 Å². The average molecular weight is 450 g/mol. The van der Waals surface area contributed by atoms with Gasteiger partial charge in [-0.1, -0.05) is 56.5 Å². The lowest BCUT2D eigenvalue weighted by Gasteiger charge is -2.28. The monoisotopic (exact) mass is 449 g/mol. The van der Waals surface area contributed by atoms with Gasteiger partial charge in [0.15, 0.2) is 0 Å². The Balaban J connectivity index is 2.02. The standard InChI is InChI=1S/C23H35N3O4S/c1-16(18-11-13-19(14-12-18)26(28)29)24-21(31)20(25-22(27)30-23(2,3)4)15-10-17-8-6-5-7-9-17/h11-14,16-17,20H,5-10,15H2,1-4H3,(H,24,31)(H,25,27)/t16-,20-/m1/s1. The summed E-state index contributed by atoms with van der Waals surface area (Å²) in [6, 6.07) is 5.93. The van der Waals surface area contributed by atoms with E-state index in [0.717, 1.165) is 18.4 Å². The second kappa shape index (κ2) is 11.4. The summed E-state index contributed by atoms with van der Waals surface area (Å²) in [5.41, 5.74) is 0.353. The van der Waals surface area contributed by atoms with E-state index in [9.17, 15) is 14.9 Å². The van der Waals surface area contributed by atoms with Gasteiger partial charge in [-0.15, -0.1) is 0 Å². The number of nitro benzene ring substituents is 1. The van der Waals surface area contributed by atoms with Gasteiger partial charge in [0.25, 0.3) is 5.69 Å². The average Bonchev–Trinajstić information content (AvgIpc) is 2.70. The maximum absolute atomic E-state index is 12.4. The third-order valence-corrected chi connectivity index (χ3v) is 5.96. The normalized spacial score (nSPS) is 16.8. The molecule has 1 saturated carbocycles. The first-order valence-corrected chi connectivity index (χ1v) is 11.5. The van der Waals surface area contributed by atoms with Crippen LogP contribution in [-0.2, 0) is 4.74 Å². The minimum Gasteiger partial charge on any atom is -0.444 e. The molecule has 0 aliphatic heterocycles. The molecule has 0 heterocycles. The van der Waals surface area contributed by atoms with E-state index in [0.29, 0.717) is 10.9 Å². The van der Waals surface area contributed by atoms with E-state index in [1.165, 1.54) is 44.2 Å². The van der Waals surface area contributed by atoms with Gasteiger partial charge in [-0.05, 0) is 52.0 Å². The third-order valence-electron chi connectivity index (χ3n) is 5.56. The summed E-state index contributed by atoms with van der Waals surface area (Å²) in [7, 11) is 0. The Kier molecular flexibility index (Phi) is 9.22. The second-order valence-electron chi connectivity index (χ2n) is 9.36. The van der Waals surface area contributed by atoms with Crippen molar-refractivity contribution >= 4 is 29.0 Å². The molecule has 1 amide bonds. The summed E-state index contributed by atoms with van der Waals surface area (Å²) < 4.78 is 5.43. The molecule has 0 bridgehead atoms. The Hall–Kier alpha value is -2.22. The number of thiocarbonyl (C=S) groups is 1. The summed E-state index contributed by atoms with van der Waals surface area (Å²) in [6.45, 7) is 7.43. The van der Waals surface area contributed by atoms with Crippen molar-refractivity contribution < 1.29 is 14.5 Å². The van der Waals surface area contributed by atoms with Gasteiger partial charge in [-0.25, -0.2) is 4.79 Å². The Morgan fingerprint density at radius 1 is 1.19 bits per heavy atom. The molecule has 8 heteroatoms. The van der Waals surface area contributed by atoms with Gasteiger partial charge >= 0.3 is 6.09 Å². The van der Waals surface area contributed by atoms with Crippen molar-refractivity contribution in [1.82, 2.24) is 10.6 Å². The van der Waals surface area contributed by atoms with Crippen LogP contribution < -0.4 is 10.6 Å². The highest BCUT2D eigenvalue weighted by Gasteiger charge is 2.25. The van der Waals surface area contributed by atoms with E-state index in [1.807, 2.05) is 27.7 Å². The lowest BCUT2D eigenvalue weighted by Crippen LogP contribution is -2.48. The number of amides is 1. The number of non-ortho nitro benzene ring substituents is 1. The summed E-state index contributed by atoms with van der Waals surface area (Å²) in [5.74, 6) is 0.673.